The van der Waals surface area contributed by atoms with Gasteiger partial charge in [-0.25, -0.2) is 4.68 Å². The molecule has 0 amide bonds. The van der Waals surface area contributed by atoms with E-state index in [1.807, 2.05) is 0 Å². The molecular weight excluding hydrogens is 214 g/mol. The third-order valence-electron chi connectivity index (χ3n) is 3.88. The molecule has 0 radical (unpaired) electrons. The van der Waals surface area contributed by atoms with Crippen LogP contribution in [-0.4, -0.2) is 20.8 Å². The van der Waals surface area contributed by atoms with Crippen LogP contribution in [0.3, 0.4) is 0 Å². The van der Waals surface area contributed by atoms with Crippen molar-refractivity contribution in [2.45, 2.75) is 45.4 Å². The van der Waals surface area contributed by atoms with E-state index in [9.17, 15) is 4.79 Å². The molecule has 1 aliphatic carbocycles. The van der Waals surface area contributed by atoms with Gasteiger partial charge in [0.2, 0.25) is 0 Å². The normalized spacial score (nSPS) is 24.8. The molecule has 0 unspecified atom stereocenters. The summed E-state index contributed by atoms with van der Waals surface area (Å²) >= 11 is 0. The molecule has 0 aliphatic heterocycles. The van der Waals surface area contributed by atoms with Crippen LogP contribution in [-0.2, 0) is 7.05 Å². The highest BCUT2D eigenvalue weighted by Crippen LogP contribution is 2.33. The number of nitrogens with zero attached hydrogens (tertiary/aromatic N) is 3. The smallest absolute Gasteiger partial charge is 0.185 e. The van der Waals surface area contributed by atoms with Crippen LogP contribution in [0.25, 0.3) is 0 Å². The van der Waals surface area contributed by atoms with E-state index in [1.165, 1.54) is 25.7 Å². The number of aromatic nitrogens is 3. The van der Waals surface area contributed by atoms with E-state index in [2.05, 4.69) is 17.2 Å². The molecule has 1 aromatic heterocycles. The van der Waals surface area contributed by atoms with Gasteiger partial charge in [-0.3, -0.25) is 4.79 Å². The molecule has 0 aromatic carbocycles. The van der Waals surface area contributed by atoms with Crippen LogP contribution in [0.2, 0.25) is 0 Å². The van der Waals surface area contributed by atoms with Crippen LogP contribution >= 0.6 is 0 Å². The summed E-state index contributed by atoms with van der Waals surface area (Å²) in [6, 6.07) is 0. The van der Waals surface area contributed by atoms with Crippen molar-refractivity contribution in [3.8, 4) is 0 Å². The van der Waals surface area contributed by atoms with E-state index in [4.69, 9.17) is 0 Å². The summed E-state index contributed by atoms with van der Waals surface area (Å²) in [5.41, 5.74) is 0.656. The highest BCUT2D eigenvalue weighted by molar-refractivity contribution is 5.96. The van der Waals surface area contributed by atoms with Crippen molar-refractivity contribution >= 4 is 5.78 Å². The number of Topliss-reactive ketones (excluding diaryl/α,β-unsaturated/α-hetero) is 1. The number of carbonyl (C=O) groups is 1. The Hall–Kier alpha value is -1.19. The summed E-state index contributed by atoms with van der Waals surface area (Å²) < 4.78 is 1.58. The maximum atomic E-state index is 12.2. The number of hydrogen-bond donors (Lipinski definition) is 0. The summed E-state index contributed by atoms with van der Waals surface area (Å²) in [7, 11) is 1.78. The van der Waals surface area contributed by atoms with Crippen molar-refractivity contribution in [3.05, 3.63) is 11.9 Å². The Morgan fingerprint density at radius 1 is 1.41 bits per heavy atom. The Labute approximate surface area is 102 Å². The third kappa shape index (κ3) is 2.73. The largest absolute Gasteiger partial charge is 0.292 e. The first-order chi connectivity index (χ1) is 8.22. The topological polar surface area (TPSA) is 47.8 Å². The minimum Gasteiger partial charge on any atom is -0.292 e. The van der Waals surface area contributed by atoms with E-state index >= 15 is 0 Å². The molecule has 2 rings (SSSR count). The zero-order chi connectivity index (χ0) is 12.3. The Morgan fingerprint density at radius 2 is 2.12 bits per heavy atom. The van der Waals surface area contributed by atoms with E-state index in [0.717, 1.165) is 18.8 Å². The maximum absolute atomic E-state index is 12.2. The fourth-order valence-corrected chi connectivity index (χ4v) is 2.84. The number of rotatable bonds is 4. The molecule has 1 heterocycles. The standard InChI is InChI=1S/C13H21N3O/c1-3-4-10-5-7-11(8-6-10)13(17)12-9-14-15-16(12)2/h9-11H,3-8H2,1-2H3. The summed E-state index contributed by atoms with van der Waals surface area (Å²) in [6.45, 7) is 2.23. The van der Waals surface area contributed by atoms with E-state index in [1.54, 1.807) is 17.9 Å². The molecule has 1 aliphatic rings. The number of carbonyl (C=O) groups excluding carboxylic acids is 1. The van der Waals surface area contributed by atoms with Crippen molar-refractivity contribution in [1.82, 2.24) is 15.0 Å². The van der Waals surface area contributed by atoms with E-state index < -0.39 is 0 Å². The van der Waals surface area contributed by atoms with Crippen LogP contribution in [0.4, 0.5) is 0 Å². The van der Waals surface area contributed by atoms with Crippen LogP contribution in [0.15, 0.2) is 6.20 Å². The fraction of sp³-hybridized carbons (Fsp3) is 0.769. The lowest BCUT2D eigenvalue weighted by atomic mass is 9.78. The van der Waals surface area contributed by atoms with Crippen molar-refractivity contribution < 1.29 is 4.79 Å². The second-order valence-electron chi connectivity index (χ2n) is 5.11. The van der Waals surface area contributed by atoms with Crippen LogP contribution < -0.4 is 0 Å². The van der Waals surface area contributed by atoms with E-state index in [-0.39, 0.29) is 11.7 Å². The van der Waals surface area contributed by atoms with Gasteiger partial charge in [-0.15, -0.1) is 5.10 Å². The predicted octanol–water partition coefficient (Wildman–Crippen LogP) is 2.60. The molecule has 0 atom stereocenters. The average Bonchev–Trinajstić information content (AvgIpc) is 2.76. The highest BCUT2D eigenvalue weighted by Gasteiger charge is 2.28. The van der Waals surface area contributed by atoms with Gasteiger partial charge in [-0.1, -0.05) is 25.0 Å². The molecule has 1 fully saturated rings. The number of ketones is 1. The molecule has 94 valence electrons. The van der Waals surface area contributed by atoms with Gasteiger partial charge in [0.1, 0.15) is 5.69 Å². The SMILES string of the molecule is CCCC1CCC(C(=O)c2cnnn2C)CC1. The number of aryl methyl sites for hydroxylation is 1. The van der Waals surface area contributed by atoms with Gasteiger partial charge in [0, 0.05) is 13.0 Å². The monoisotopic (exact) mass is 235 g/mol. The lowest BCUT2D eigenvalue weighted by Crippen LogP contribution is -2.23. The molecule has 0 bridgehead atoms. The summed E-state index contributed by atoms with van der Waals surface area (Å²) in [4.78, 5) is 12.2. The quantitative estimate of drug-likeness (QED) is 0.754. The lowest BCUT2D eigenvalue weighted by Gasteiger charge is -2.27. The average molecular weight is 235 g/mol. The van der Waals surface area contributed by atoms with Crippen LogP contribution in [0.1, 0.15) is 55.9 Å². The maximum Gasteiger partial charge on any atom is 0.185 e. The molecule has 1 aromatic rings. The van der Waals surface area contributed by atoms with Crippen LogP contribution in [0, 0.1) is 11.8 Å². The van der Waals surface area contributed by atoms with Gasteiger partial charge in [0.05, 0.1) is 6.20 Å². The van der Waals surface area contributed by atoms with Crippen molar-refractivity contribution in [2.24, 2.45) is 18.9 Å². The minimum absolute atomic E-state index is 0.195. The van der Waals surface area contributed by atoms with Gasteiger partial charge in [-0.2, -0.15) is 0 Å². The molecule has 0 spiro atoms. The molecule has 4 heteroatoms. The highest BCUT2D eigenvalue weighted by atomic mass is 16.1. The predicted molar refractivity (Wildman–Crippen MR) is 65.7 cm³/mol. The van der Waals surface area contributed by atoms with Crippen molar-refractivity contribution in [3.63, 3.8) is 0 Å². The lowest BCUT2D eigenvalue weighted by molar-refractivity contribution is 0.0860. The van der Waals surface area contributed by atoms with Crippen molar-refractivity contribution in [2.75, 3.05) is 0 Å². The summed E-state index contributed by atoms with van der Waals surface area (Å²) in [6.07, 6.45) is 8.64. The summed E-state index contributed by atoms with van der Waals surface area (Å²) in [5, 5.41) is 7.60. The second kappa shape index (κ2) is 5.43. The minimum atomic E-state index is 0.195. The van der Waals surface area contributed by atoms with E-state index in [0.29, 0.717) is 5.69 Å². The van der Waals surface area contributed by atoms with Gasteiger partial charge in [0.15, 0.2) is 5.78 Å². The first-order valence-corrected chi connectivity index (χ1v) is 6.61. The zero-order valence-corrected chi connectivity index (χ0v) is 10.7. The zero-order valence-electron chi connectivity index (χ0n) is 10.7. The molecule has 1 saturated carbocycles. The summed E-state index contributed by atoms with van der Waals surface area (Å²) in [5.74, 6) is 1.27. The van der Waals surface area contributed by atoms with Crippen LogP contribution in [0.5, 0.6) is 0 Å². The molecule has 0 N–H and O–H groups in total. The van der Waals surface area contributed by atoms with Gasteiger partial charge >= 0.3 is 0 Å². The molecule has 4 nitrogen and oxygen atoms in total. The Balaban J connectivity index is 1.93. The first kappa shape index (κ1) is 12.3. The van der Waals surface area contributed by atoms with Gasteiger partial charge < -0.3 is 0 Å². The molecule has 0 saturated heterocycles. The first-order valence-electron chi connectivity index (χ1n) is 6.61. The third-order valence-corrected chi connectivity index (χ3v) is 3.88. The Morgan fingerprint density at radius 3 is 2.65 bits per heavy atom. The number of hydrogen-bond acceptors (Lipinski definition) is 3. The molecule has 17 heavy (non-hydrogen) atoms. The molecular formula is C13H21N3O. The fourth-order valence-electron chi connectivity index (χ4n) is 2.84. The van der Waals surface area contributed by atoms with Gasteiger partial charge in [-0.05, 0) is 31.6 Å². The van der Waals surface area contributed by atoms with Crippen molar-refractivity contribution in [1.29, 1.82) is 0 Å². The second-order valence-corrected chi connectivity index (χ2v) is 5.11. The Kier molecular flexibility index (Phi) is 3.92. The Bertz CT molecular complexity index is 378. The van der Waals surface area contributed by atoms with Gasteiger partial charge in [0.25, 0.3) is 0 Å².